The smallest absolute Gasteiger partial charge is 0.134 e. The van der Waals surface area contributed by atoms with Gasteiger partial charge in [0.1, 0.15) is 11.5 Å². The third-order valence-corrected chi connectivity index (χ3v) is 3.07. The topological polar surface area (TPSA) is 41.7 Å². The van der Waals surface area contributed by atoms with Gasteiger partial charge in [-0.2, -0.15) is 0 Å². The van der Waals surface area contributed by atoms with Gasteiger partial charge in [0.05, 0.1) is 13.2 Å². The summed E-state index contributed by atoms with van der Waals surface area (Å²) in [4.78, 5) is 4.80. The van der Waals surface area contributed by atoms with Crippen molar-refractivity contribution in [3.8, 4) is 0 Å². The molecule has 1 aromatic rings. The summed E-state index contributed by atoms with van der Waals surface area (Å²) in [6.07, 6.45) is 0. The summed E-state index contributed by atoms with van der Waals surface area (Å²) in [7, 11) is 2.17. The lowest BCUT2D eigenvalue weighted by Crippen LogP contribution is -2.45. The van der Waals surface area contributed by atoms with Crippen LogP contribution in [0.1, 0.15) is 11.5 Å². The quantitative estimate of drug-likeness (QED) is 0.709. The van der Waals surface area contributed by atoms with Crippen molar-refractivity contribution in [1.29, 1.82) is 0 Å². The van der Waals surface area contributed by atoms with Gasteiger partial charge < -0.3 is 14.2 Å². The third-order valence-electron chi connectivity index (χ3n) is 3.07. The normalized spacial score (nSPS) is 18.7. The molecule has 17 heavy (non-hydrogen) atoms. The number of rotatable bonds is 5. The Morgan fingerprint density at radius 3 is 2.76 bits per heavy atom. The highest BCUT2D eigenvalue weighted by atomic mass is 16.5. The average molecular weight is 239 g/mol. The number of nitrogens with zero attached hydrogens (tertiary/aromatic N) is 3. The van der Waals surface area contributed by atoms with Crippen LogP contribution in [0.3, 0.4) is 0 Å². The van der Waals surface area contributed by atoms with E-state index in [1.165, 1.54) is 0 Å². The highest BCUT2D eigenvalue weighted by molar-refractivity contribution is 5.01. The molecule has 1 saturated heterocycles. The zero-order valence-electron chi connectivity index (χ0n) is 10.7. The molecule has 0 radical (unpaired) electrons. The molecule has 2 rings (SSSR count). The molecule has 5 nitrogen and oxygen atoms in total. The highest BCUT2D eigenvalue weighted by Gasteiger charge is 2.12. The molecule has 2 heterocycles. The molecule has 0 aliphatic carbocycles. The van der Waals surface area contributed by atoms with Gasteiger partial charge in [0.15, 0.2) is 0 Å². The number of hydrogen-bond donors (Lipinski definition) is 0. The summed E-state index contributed by atoms with van der Waals surface area (Å²) in [5.41, 5.74) is 0.876. The highest BCUT2D eigenvalue weighted by Crippen LogP contribution is 2.03. The Hall–Kier alpha value is -0.910. The Bertz CT molecular complexity index is 332. The predicted molar refractivity (Wildman–Crippen MR) is 64.8 cm³/mol. The lowest BCUT2D eigenvalue weighted by molar-refractivity contribution is 0.0713. The van der Waals surface area contributed by atoms with Crippen molar-refractivity contribution in [3.63, 3.8) is 0 Å². The van der Waals surface area contributed by atoms with Crippen LogP contribution in [0.4, 0.5) is 0 Å². The molecule has 1 aromatic heterocycles. The fourth-order valence-corrected chi connectivity index (χ4v) is 1.93. The summed E-state index contributed by atoms with van der Waals surface area (Å²) < 4.78 is 10.6. The van der Waals surface area contributed by atoms with Gasteiger partial charge >= 0.3 is 0 Å². The second kappa shape index (κ2) is 6.14. The zero-order valence-corrected chi connectivity index (χ0v) is 10.7. The molecule has 0 saturated carbocycles. The van der Waals surface area contributed by atoms with Crippen LogP contribution in [0.5, 0.6) is 0 Å². The van der Waals surface area contributed by atoms with Crippen LogP contribution >= 0.6 is 0 Å². The van der Waals surface area contributed by atoms with Crippen LogP contribution in [-0.2, 0) is 11.3 Å². The van der Waals surface area contributed by atoms with E-state index in [4.69, 9.17) is 9.26 Å². The zero-order chi connectivity index (χ0) is 12.1. The van der Waals surface area contributed by atoms with E-state index in [1.807, 2.05) is 13.0 Å². The maximum absolute atomic E-state index is 5.58. The minimum absolute atomic E-state index is 0.547. The van der Waals surface area contributed by atoms with E-state index < -0.39 is 0 Å². The monoisotopic (exact) mass is 239 g/mol. The molecule has 0 bridgehead atoms. The van der Waals surface area contributed by atoms with Crippen LogP contribution < -0.4 is 0 Å². The molecule has 0 unspecified atom stereocenters. The van der Waals surface area contributed by atoms with E-state index in [0.717, 1.165) is 50.8 Å². The van der Waals surface area contributed by atoms with Gasteiger partial charge in [0, 0.05) is 38.8 Å². The van der Waals surface area contributed by atoms with Crippen molar-refractivity contribution < 1.29 is 9.26 Å². The van der Waals surface area contributed by atoms with Gasteiger partial charge in [-0.1, -0.05) is 5.16 Å². The Morgan fingerprint density at radius 2 is 2.12 bits per heavy atom. The van der Waals surface area contributed by atoms with E-state index >= 15 is 0 Å². The number of aromatic nitrogens is 1. The molecule has 0 amide bonds. The minimum Gasteiger partial charge on any atom is -0.374 e. The fraction of sp³-hybridized carbons (Fsp3) is 0.750. The molecule has 96 valence electrons. The molecule has 0 N–H and O–H groups in total. The summed E-state index contributed by atoms with van der Waals surface area (Å²) in [5, 5.41) is 3.89. The number of likely N-dealkylation sites (N-methyl/N-ethyl adjacent to an activating group) is 1. The first-order valence-corrected chi connectivity index (χ1v) is 6.15. The van der Waals surface area contributed by atoms with Gasteiger partial charge in [-0.3, -0.25) is 4.90 Å². The minimum atomic E-state index is 0.547. The SMILES string of the molecule is Cc1cc(COCCN2CCN(C)CC2)no1. The van der Waals surface area contributed by atoms with Crippen molar-refractivity contribution >= 4 is 0 Å². The second-order valence-corrected chi connectivity index (χ2v) is 4.63. The maximum Gasteiger partial charge on any atom is 0.134 e. The van der Waals surface area contributed by atoms with E-state index in [2.05, 4.69) is 22.0 Å². The maximum atomic E-state index is 5.58. The number of aryl methyl sites for hydroxylation is 1. The van der Waals surface area contributed by atoms with Gasteiger partial charge in [-0.15, -0.1) is 0 Å². The van der Waals surface area contributed by atoms with E-state index in [-0.39, 0.29) is 0 Å². The molecule has 0 atom stereocenters. The van der Waals surface area contributed by atoms with Gasteiger partial charge in [0.25, 0.3) is 0 Å². The molecule has 0 spiro atoms. The largest absolute Gasteiger partial charge is 0.374 e. The molecule has 1 fully saturated rings. The molecule has 5 heteroatoms. The Morgan fingerprint density at radius 1 is 1.35 bits per heavy atom. The van der Waals surface area contributed by atoms with Crippen molar-refractivity contribution in [2.24, 2.45) is 0 Å². The molecular weight excluding hydrogens is 218 g/mol. The third kappa shape index (κ3) is 4.11. The number of hydrogen-bond acceptors (Lipinski definition) is 5. The lowest BCUT2D eigenvalue weighted by Gasteiger charge is -2.32. The molecule has 1 aliphatic heterocycles. The number of piperazine rings is 1. The van der Waals surface area contributed by atoms with Crippen molar-refractivity contribution in [3.05, 3.63) is 17.5 Å². The molecular formula is C12H21N3O2. The van der Waals surface area contributed by atoms with Crippen molar-refractivity contribution in [2.45, 2.75) is 13.5 Å². The lowest BCUT2D eigenvalue weighted by atomic mass is 10.3. The van der Waals surface area contributed by atoms with Crippen molar-refractivity contribution in [1.82, 2.24) is 15.0 Å². The predicted octanol–water partition coefficient (Wildman–Crippen LogP) is 0.747. The fourth-order valence-electron chi connectivity index (χ4n) is 1.93. The van der Waals surface area contributed by atoms with E-state index in [9.17, 15) is 0 Å². The Labute approximate surface area is 102 Å². The standard InChI is InChI=1S/C12H21N3O2/c1-11-9-12(13-17-11)10-16-8-7-15-5-3-14(2)4-6-15/h9H,3-8,10H2,1-2H3. The van der Waals surface area contributed by atoms with Crippen LogP contribution in [0, 0.1) is 6.92 Å². The summed E-state index contributed by atoms with van der Waals surface area (Å²) in [6.45, 7) is 8.79. The van der Waals surface area contributed by atoms with Crippen LogP contribution in [0.15, 0.2) is 10.6 Å². The summed E-state index contributed by atoms with van der Waals surface area (Å²) in [5.74, 6) is 0.836. The summed E-state index contributed by atoms with van der Waals surface area (Å²) >= 11 is 0. The van der Waals surface area contributed by atoms with Gasteiger partial charge in [-0.25, -0.2) is 0 Å². The second-order valence-electron chi connectivity index (χ2n) is 4.63. The van der Waals surface area contributed by atoms with Crippen molar-refractivity contribution in [2.75, 3.05) is 46.4 Å². The van der Waals surface area contributed by atoms with Gasteiger partial charge in [-0.05, 0) is 14.0 Å². The average Bonchev–Trinajstić information content (AvgIpc) is 2.73. The molecule has 1 aliphatic rings. The van der Waals surface area contributed by atoms with E-state index in [0.29, 0.717) is 6.61 Å². The molecule has 0 aromatic carbocycles. The first-order chi connectivity index (χ1) is 8.24. The summed E-state index contributed by atoms with van der Waals surface area (Å²) in [6, 6.07) is 1.91. The Kier molecular flexibility index (Phi) is 4.53. The number of ether oxygens (including phenoxy) is 1. The van der Waals surface area contributed by atoms with Crippen LogP contribution in [0.25, 0.3) is 0 Å². The first-order valence-electron chi connectivity index (χ1n) is 6.15. The van der Waals surface area contributed by atoms with E-state index in [1.54, 1.807) is 0 Å². The first kappa shape index (κ1) is 12.5. The van der Waals surface area contributed by atoms with Crippen LogP contribution in [0.2, 0.25) is 0 Å². The van der Waals surface area contributed by atoms with Crippen LogP contribution in [-0.4, -0.2) is 61.3 Å². The van der Waals surface area contributed by atoms with Gasteiger partial charge in [0.2, 0.25) is 0 Å². The Balaban J connectivity index is 1.57.